The molecule has 0 aromatic heterocycles. The molecule has 1 aromatic carbocycles. The van der Waals surface area contributed by atoms with Crippen LogP contribution in [-0.4, -0.2) is 50.1 Å². The van der Waals surface area contributed by atoms with Crippen molar-refractivity contribution < 1.29 is 19.2 Å². The van der Waals surface area contributed by atoms with Gasteiger partial charge in [0.15, 0.2) is 0 Å². The van der Waals surface area contributed by atoms with E-state index in [0.717, 1.165) is 0 Å². The van der Waals surface area contributed by atoms with Gasteiger partial charge < -0.3 is 19.7 Å². The van der Waals surface area contributed by atoms with E-state index < -0.39 is 17.9 Å². The molecule has 0 aliphatic rings. The lowest BCUT2D eigenvalue weighted by atomic mass is 10.1. The maximum atomic E-state index is 11.9. The van der Waals surface area contributed by atoms with E-state index in [9.17, 15) is 14.7 Å². The van der Waals surface area contributed by atoms with Gasteiger partial charge in [0.25, 0.3) is 5.91 Å². The minimum Gasteiger partial charge on any atom is -0.548 e. The van der Waals surface area contributed by atoms with Crippen molar-refractivity contribution in [1.82, 2.24) is 5.32 Å². The zero-order chi connectivity index (χ0) is 14.5. The number of carboxylic acids is 1. The van der Waals surface area contributed by atoms with Crippen LogP contribution in [0.2, 0.25) is 0 Å². The first-order valence-corrected chi connectivity index (χ1v) is 6.17. The Balaban J connectivity index is 2.64. The first kappa shape index (κ1) is 15.2. The smallest absolute Gasteiger partial charge is 0.251 e. The number of carbonyl (C=O) groups is 2. The minimum absolute atomic E-state index is 0.338. The van der Waals surface area contributed by atoms with Crippen molar-refractivity contribution >= 4 is 11.9 Å². The number of nitrogens with one attached hydrogen (secondary N) is 1. The molecule has 1 atom stereocenters. The third-order valence-electron chi connectivity index (χ3n) is 2.71. The molecule has 0 aliphatic carbocycles. The van der Waals surface area contributed by atoms with Crippen molar-refractivity contribution in [1.29, 1.82) is 0 Å². The summed E-state index contributed by atoms with van der Waals surface area (Å²) >= 11 is 0. The molecule has 0 spiro atoms. The Morgan fingerprint density at radius 2 is 1.79 bits per heavy atom. The number of carbonyl (C=O) groups excluding carboxylic acids is 2. The van der Waals surface area contributed by atoms with E-state index in [2.05, 4.69) is 5.32 Å². The number of aliphatic carboxylic acids is 1. The van der Waals surface area contributed by atoms with Crippen LogP contribution in [0.15, 0.2) is 30.3 Å². The summed E-state index contributed by atoms with van der Waals surface area (Å²) < 4.78 is 0.630. The molecule has 5 nitrogen and oxygen atoms in total. The van der Waals surface area contributed by atoms with E-state index in [1.165, 1.54) is 0 Å². The Morgan fingerprint density at radius 1 is 1.21 bits per heavy atom. The number of hydrogen-bond donors (Lipinski definition) is 1. The Kier molecular flexibility index (Phi) is 5.06. The summed E-state index contributed by atoms with van der Waals surface area (Å²) in [5, 5.41) is 13.5. The van der Waals surface area contributed by atoms with Crippen molar-refractivity contribution in [2.24, 2.45) is 0 Å². The fourth-order valence-corrected chi connectivity index (χ4v) is 1.60. The normalized spacial score (nSPS) is 12.8. The molecule has 1 amide bonds. The van der Waals surface area contributed by atoms with Crippen molar-refractivity contribution in [2.75, 3.05) is 27.7 Å². The van der Waals surface area contributed by atoms with Gasteiger partial charge in [-0.15, -0.1) is 0 Å². The SMILES string of the molecule is C[N+](C)(C)CC[C@@H](NC(=O)c1ccccc1)C(=O)[O-]. The van der Waals surface area contributed by atoms with Crippen LogP contribution in [-0.2, 0) is 4.79 Å². The van der Waals surface area contributed by atoms with E-state index in [0.29, 0.717) is 23.0 Å². The third kappa shape index (κ3) is 5.52. The average Bonchev–Trinajstić information content (AvgIpc) is 2.33. The second-order valence-electron chi connectivity index (χ2n) is 5.51. The fourth-order valence-electron chi connectivity index (χ4n) is 1.60. The van der Waals surface area contributed by atoms with E-state index in [1.54, 1.807) is 30.3 Å². The molecule has 0 aliphatic heterocycles. The monoisotopic (exact) mass is 264 g/mol. The highest BCUT2D eigenvalue weighted by Crippen LogP contribution is 2.02. The summed E-state index contributed by atoms with van der Waals surface area (Å²) in [6.07, 6.45) is 0.338. The van der Waals surface area contributed by atoms with Gasteiger partial charge in [0.1, 0.15) is 0 Å². The molecule has 0 radical (unpaired) electrons. The van der Waals surface area contributed by atoms with Gasteiger partial charge in [-0.25, -0.2) is 0 Å². The number of hydrogen-bond acceptors (Lipinski definition) is 3. The molecular weight excluding hydrogens is 244 g/mol. The van der Waals surface area contributed by atoms with Crippen LogP contribution in [0, 0.1) is 0 Å². The summed E-state index contributed by atoms with van der Waals surface area (Å²) in [5.74, 6) is -1.64. The maximum Gasteiger partial charge on any atom is 0.251 e. The van der Waals surface area contributed by atoms with Gasteiger partial charge >= 0.3 is 0 Å². The summed E-state index contributed by atoms with van der Waals surface area (Å²) in [7, 11) is 5.89. The predicted octanol–water partition coefficient (Wildman–Crippen LogP) is -0.369. The first-order valence-electron chi connectivity index (χ1n) is 6.17. The van der Waals surface area contributed by atoms with Gasteiger partial charge in [-0.05, 0) is 12.1 Å². The summed E-state index contributed by atoms with van der Waals surface area (Å²) in [4.78, 5) is 22.9. The van der Waals surface area contributed by atoms with Gasteiger partial charge in [0.2, 0.25) is 0 Å². The van der Waals surface area contributed by atoms with E-state index in [-0.39, 0.29) is 0 Å². The number of amides is 1. The molecule has 0 fully saturated rings. The van der Waals surface area contributed by atoms with E-state index in [1.807, 2.05) is 21.1 Å². The Hall–Kier alpha value is -1.88. The Labute approximate surface area is 113 Å². The van der Waals surface area contributed by atoms with Crippen LogP contribution < -0.4 is 10.4 Å². The quantitative estimate of drug-likeness (QED) is 0.713. The maximum absolute atomic E-state index is 11.9. The molecule has 0 saturated carbocycles. The van der Waals surface area contributed by atoms with Crippen LogP contribution in [0.3, 0.4) is 0 Å². The molecule has 0 unspecified atom stereocenters. The van der Waals surface area contributed by atoms with Crippen LogP contribution in [0.1, 0.15) is 16.8 Å². The van der Waals surface area contributed by atoms with Crippen molar-refractivity contribution in [2.45, 2.75) is 12.5 Å². The molecule has 1 aromatic rings. The van der Waals surface area contributed by atoms with E-state index >= 15 is 0 Å². The van der Waals surface area contributed by atoms with Crippen molar-refractivity contribution in [3.05, 3.63) is 35.9 Å². The standard InChI is InChI=1S/C14H20N2O3/c1-16(2,3)10-9-12(14(18)19)15-13(17)11-7-5-4-6-8-11/h4-8,12H,9-10H2,1-3H3,(H-,15,17,18,19)/t12-/m1/s1. The first-order chi connectivity index (χ1) is 8.79. The zero-order valence-electron chi connectivity index (χ0n) is 11.6. The van der Waals surface area contributed by atoms with Gasteiger partial charge in [-0.2, -0.15) is 0 Å². The Morgan fingerprint density at radius 3 is 2.26 bits per heavy atom. The third-order valence-corrected chi connectivity index (χ3v) is 2.71. The van der Waals surface area contributed by atoms with E-state index in [4.69, 9.17) is 0 Å². The number of benzene rings is 1. The lowest BCUT2D eigenvalue weighted by Gasteiger charge is -2.27. The predicted molar refractivity (Wildman–Crippen MR) is 70.2 cm³/mol. The van der Waals surface area contributed by atoms with Gasteiger partial charge in [-0.1, -0.05) is 18.2 Å². The second-order valence-corrected chi connectivity index (χ2v) is 5.51. The molecule has 0 heterocycles. The van der Waals surface area contributed by atoms with Crippen LogP contribution in [0.5, 0.6) is 0 Å². The molecular formula is C14H20N2O3. The number of carboxylic acid groups (broad SMARTS) is 1. The molecule has 1 rings (SSSR count). The Bertz CT molecular complexity index is 438. The summed E-state index contributed by atoms with van der Waals surface area (Å²) in [6, 6.07) is 7.57. The second kappa shape index (κ2) is 6.33. The van der Waals surface area contributed by atoms with Crippen LogP contribution in [0.4, 0.5) is 0 Å². The fraction of sp³-hybridized carbons (Fsp3) is 0.429. The molecule has 19 heavy (non-hydrogen) atoms. The summed E-state index contributed by atoms with van der Waals surface area (Å²) in [6.45, 7) is 0.633. The van der Waals surface area contributed by atoms with Crippen LogP contribution >= 0.6 is 0 Å². The largest absolute Gasteiger partial charge is 0.548 e. The lowest BCUT2D eigenvalue weighted by Crippen LogP contribution is -2.50. The van der Waals surface area contributed by atoms with Crippen LogP contribution in [0.25, 0.3) is 0 Å². The molecule has 104 valence electrons. The number of quaternary nitrogens is 1. The van der Waals surface area contributed by atoms with Gasteiger partial charge in [-0.3, -0.25) is 4.79 Å². The van der Waals surface area contributed by atoms with Crippen molar-refractivity contribution in [3.63, 3.8) is 0 Å². The summed E-state index contributed by atoms with van der Waals surface area (Å²) in [5.41, 5.74) is 0.444. The van der Waals surface area contributed by atoms with Gasteiger partial charge in [0.05, 0.1) is 39.7 Å². The average molecular weight is 264 g/mol. The molecule has 1 N–H and O–H groups in total. The molecule has 0 saturated heterocycles. The molecule has 0 bridgehead atoms. The number of rotatable bonds is 6. The lowest BCUT2D eigenvalue weighted by molar-refractivity contribution is -0.870. The number of nitrogens with zero attached hydrogens (tertiary/aromatic N) is 1. The molecule has 5 heteroatoms. The highest BCUT2D eigenvalue weighted by molar-refractivity contribution is 5.96. The highest BCUT2D eigenvalue weighted by atomic mass is 16.4. The minimum atomic E-state index is -1.25. The zero-order valence-corrected chi connectivity index (χ0v) is 11.6. The van der Waals surface area contributed by atoms with Crippen molar-refractivity contribution in [3.8, 4) is 0 Å². The van der Waals surface area contributed by atoms with Gasteiger partial charge in [0, 0.05) is 12.0 Å². The topological polar surface area (TPSA) is 69.2 Å². The highest BCUT2D eigenvalue weighted by Gasteiger charge is 2.18.